The van der Waals surface area contributed by atoms with Crippen molar-refractivity contribution in [1.29, 1.82) is 0 Å². The van der Waals surface area contributed by atoms with Crippen LogP contribution in [0.15, 0.2) is 24.3 Å². The van der Waals surface area contributed by atoms with Gasteiger partial charge in [0.1, 0.15) is 0 Å². The standard InChI is InChI=1S/C16H23ClN2S2/c17-14-2-1-3-16(8-14)19-5-4-13(10-19)9-18-15-11-20-6-7-21-12-15/h1-3,8,13,15,18H,4-7,9-12H2. The van der Waals surface area contributed by atoms with Crippen LogP contribution in [0.2, 0.25) is 5.02 Å². The highest BCUT2D eigenvalue weighted by Gasteiger charge is 2.23. The fourth-order valence-corrected chi connectivity index (χ4v) is 5.63. The molecular weight excluding hydrogens is 320 g/mol. The van der Waals surface area contributed by atoms with Crippen molar-refractivity contribution in [2.75, 3.05) is 47.5 Å². The fourth-order valence-electron chi connectivity index (χ4n) is 2.97. The summed E-state index contributed by atoms with van der Waals surface area (Å²) in [4.78, 5) is 2.47. The Bertz CT molecular complexity index is 450. The van der Waals surface area contributed by atoms with Crippen molar-refractivity contribution in [2.24, 2.45) is 5.92 Å². The number of rotatable bonds is 4. The lowest BCUT2D eigenvalue weighted by molar-refractivity contribution is 0.486. The van der Waals surface area contributed by atoms with Gasteiger partial charge >= 0.3 is 0 Å². The molecule has 0 aromatic heterocycles. The first-order valence-electron chi connectivity index (χ1n) is 7.70. The van der Waals surface area contributed by atoms with Gasteiger partial charge in [0.05, 0.1) is 0 Å². The van der Waals surface area contributed by atoms with Gasteiger partial charge in [0.15, 0.2) is 0 Å². The third kappa shape index (κ3) is 4.72. The SMILES string of the molecule is Clc1cccc(N2CCC(CNC3CSCCSC3)C2)c1. The summed E-state index contributed by atoms with van der Waals surface area (Å²) in [6.45, 7) is 3.46. The lowest BCUT2D eigenvalue weighted by Crippen LogP contribution is -2.37. The first-order chi connectivity index (χ1) is 10.3. The average Bonchev–Trinajstić information content (AvgIpc) is 2.81. The Morgan fingerprint density at radius 2 is 2.05 bits per heavy atom. The van der Waals surface area contributed by atoms with Crippen molar-refractivity contribution in [3.8, 4) is 0 Å². The highest BCUT2D eigenvalue weighted by atomic mass is 35.5. The summed E-state index contributed by atoms with van der Waals surface area (Å²) in [7, 11) is 0. The van der Waals surface area contributed by atoms with E-state index in [0.29, 0.717) is 6.04 Å². The Morgan fingerprint density at radius 1 is 1.24 bits per heavy atom. The number of hydrogen-bond donors (Lipinski definition) is 1. The second-order valence-corrected chi connectivity index (χ2v) is 8.57. The number of nitrogens with one attached hydrogen (secondary N) is 1. The molecule has 21 heavy (non-hydrogen) atoms. The lowest BCUT2D eigenvalue weighted by Gasteiger charge is -2.21. The average molecular weight is 343 g/mol. The molecule has 1 aromatic rings. The van der Waals surface area contributed by atoms with Gasteiger partial charge in [-0.2, -0.15) is 23.5 Å². The van der Waals surface area contributed by atoms with Gasteiger partial charge in [0.25, 0.3) is 0 Å². The molecule has 5 heteroatoms. The quantitative estimate of drug-likeness (QED) is 0.898. The first-order valence-corrected chi connectivity index (χ1v) is 10.4. The molecule has 2 saturated heterocycles. The Morgan fingerprint density at radius 3 is 2.81 bits per heavy atom. The van der Waals surface area contributed by atoms with E-state index in [-0.39, 0.29) is 0 Å². The van der Waals surface area contributed by atoms with E-state index in [1.807, 2.05) is 12.1 Å². The summed E-state index contributed by atoms with van der Waals surface area (Å²) in [6, 6.07) is 8.93. The maximum atomic E-state index is 6.09. The molecule has 3 rings (SSSR count). The highest BCUT2D eigenvalue weighted by molar-refractivity contribution is 8.03. The number of benzene rings is 1. The Balaban J connectivity index is 1.46. The molecule has 0 bridgehead atoms. The molecule has 0 radical (unpaired) electrons. The van der Waals surface area contributed by atoms with E-state index < -0.39 is 0 Å². The predicted molar refractivity (Wildman–Crippen MR) is 98.2 cm³/mol. The van der Waals surface area contributed by atoms with E-state index in [1.165, 1.54) is 35.1 Å². The number of thioether (sulfide) groups is 2. The minimum Gasteiger partial charge on any atom is -0.371 e. The molecule has 116 valence electrons. The van der Waals surface area contributed by atoms with Crippen LogP contribution >= 0.6 is 35.1 Å². The molecule has 1 atom stereocenters. The molecular formula is C16H23ClN2S2. The number of nitrogens with zero attached hydrogens (tertiary/aromatic N) is 1. The normalized spacial score (nSPS) is 24.2. The molecule has 0 amide bonds. The summed E-state index contributed by atoms with van der Waals surface area (Å²) in [5.41, 5.74) is 1.27. The van der Waals surface area contributed by atoms with Gasteiger partial charge in [-0.1, -0.05) is 17.7 Å². The Kier molecular flexibility index (Phi) is 6.04. The minimum atomic E-state index is 0.697. The molecule has 2 aliphatic heterocycles. The van der Waals surface area contributed by atoms with Crippen molar-refractivity contribution >= 4 is 40.8 Å². The zero-order valence-corrected chi connectivity index (χ0v) is 14.7. The summed E-state index contributed by atoms with van der Waals surface area (Å²) in [5, 5.41) is 4.63. The topological polar surface area (TPSA) is 15.3 Å². The van der Waals surface area contributed by atoms with Gasteiger partial charge in [0, 0.05) is 59.4 Å². The molecule has 2 heterocycles. The van der Waals surface area contributed by atoms with Crippen LogP contribution in [-0.4, -0.2) is 48.7 Å². The van der Waals surface area contributed by atoms with Crippen molar-refractivity contribution in [3.05, 3.63) is 29.3 Å². The van der Waals surface area contributed by atoms with Crippen LogP contribution < -0.4 is 10.2 Å². The zero-order chi connectivity index (χ0) is 14.5. The zero-order valence-electron chi connectivity index (χ0n) is 12.3. The van der Waals surface area contributed by atoms with Crippen LogP contribution in [0.4, 0.5) is 5.69 Å². The van der Waals surface area contributed by atoms with E-state index in [4.69, 9.17) is 11.6 Å². The van der Waals surface area contributed by atoms with Crippen LogP contribution in [-0.2, 0) is 0 Å². The summed E-state index contributed by atoms with van der Waals surface area (Å²) < 4.78 is 0. The van der Waals surface area contributed by atoms with Crippen LogP contribution in [0.25, 0.3) is 0 Å². The maximum Gasteiger partial charge on any atom is 0.0426 e. The van der Waals surface area contributed by atoms with E-state index in [0.717, 1.165) is 30.6 Å². The van der Waals surface area contributed by atoms with Crippen molar-refractivity contribution < 1.29 is 0 Å². The maximum absolute atomic E-state index is 6.09. The molecule has 0 spiro atoms. The number of hydrogen-bond acceptors (Lipinski definition) is 4. The highest BCUT2D eigenvalue weighted by Crippen LogP contribution is 2.26. The lowest BCUT2D eigenvalue weighted by atomic mass is 10.1. The molecule has 2 aliphatic rings. The van der Waals surface area contributed by atoms with Crippen LogP contribution in [0.1, 0.15) is 6.42 Å². The molecule has 1 N–H and O–H groups in total. The van der Waals surface area contributed by atoms with E-state index in [9.17, 15) is 0 Å². The Labute approximate surface area is 141 Å². The van der Waals surface area contributed by atoms with E-state index in [2.05, 4.69) is 45.9 Å². The smallest absolute Gasteiger partial charge is 0.0426 e. The van der Waals surface area contributed by atoms with Crippen LogP contribution in [0, 0.1) is 5.92 Å². The van der Waals surface area contributed by atoms with Gasteiger partial charge in [0.2, 0.25) is 0 Å². The summed E-state index contributed by atoms with van der Waals surface area (Å²) >= 11 is 10.3. The third-order valence-corrected chi connectivity index (χ3v) is 6.92. The van der Waals surface area contributed by atoms with E-state index in [1.54, 1.807) is 0 Å². The molecule has 1 unspecified atom stereocenters. The van der Waals surface area contributed by atoms with Gasteiger partial charge in [-0.3, -0.25) is 0 Å². The van der Waals surface area contributed by atoms with Crippen LogP contribution in [0.5, 0.6) is 0 Å². The monoisotopic (exact) mass is 342 g/mol. The molecule has 0 aliphatic carbocycles. The Hall–Kier alpha value is -0.0300. The van der Waals surface area contributed by atoms with Gasteiger partial charge in [-0.25, -0.2) is 0 Å². The second-order valence-electron chi connectivity index (χ2n) is 5.84. The summed E-state index contributed by atoms with van der Waals surface area (Å²) in [5.74, 6) is 5.95. The molecule has 2 nitrogen and oxygen atoms in total. The van der Waals surface area contributed by atoms with Crippen molar-refractivity contribution in [2.45, 2.75) is 12.5 Å². The first kappa shape index (κ1) is 15.9. The van der Waals surface area contributed by atoms with Gasteiger partial charge < -0.3 is 10.2 Å². The second kappa shape index (κ2) is 8.00. The molecule has 1 aromatic carbocycles. The molecule has 2 fully saturated rings. The van der Waals surface area contributed by atoms with Crippen molar-refractivity contribution in [1.82, 2.24) is 5.32 Å². The fraction of sp³-hybridized carbons (Fsp3) is 0.625. The predicted octanol–water partition coefficient (Wildman–Crippen LogP) is 3.60. The minimum absolute atomic E-state index is 0.697. The van der Waals surface area contributed by atoms with Gasteiger partial charge in [-0.05, 0) is 30.5 Å². The molecule has 0 saturated carbocycles. The third-order valence-electron chi connectivity index (χ3n) is 4.16. The van der Waals surface area contributed by atoms with Crippen LogP contribution in [0.3, 0.4) is 0 Å². The van der Waals surface area contributed by atoms with Gasteiger partial charge in [-0.15, -0.1) is 0 Å². The van der Waals surface area contributed by atoms with Crippen molar-refractivity contribution in [3.63, 3.8) is 0 Å². The largest absolute Gasteiger partial charge is 0.371 e. The number of halogens is 1. The number of anilines is 1. The summed E-state index contributed by atoms with van der Waals surface area (Å²) in [6.07, 6.45) is 1.28. The van der Waals surface area contributed by atoms with E-state index >= 15 is 0 Å².